The number of pyridine rings is 1. The minimum atomic E-state index is -0.490. The lowest BCUT2D eigenvalue weighted by molar-refractivity contribution is 0.273. The molecule has 2 heterocycles. The minimum absolute atomic E-state index is 0.0758. The fourth-order valence-electron chi connectivity index (χ4n) is 2.77. The summed E-state index contributed by atoms with van der Waals surface area (Å²) in [6.07, 6.45) is 3.85. The van der Waals surface area contributed by atoms with Crippen molar-refractivity contribution in [1.82, 2.24) is 9.55 Å². The predicted octanol–water partition coefficient (Wildman–Crippen LogP) is 4.53. The Morgan fingerprint density at radius 1 is 0.957 bits per heavy atom. The van der Waals surface area contributed by atoms with E-state index >= 15 is 0 Å². The zero-order valence-electron chi connectivity index (χ0n) is 12.4. The summed E-state index contributed by atoms with van der Waals surface area (Å²) in [6.45, 7) is -0.414. The number of hydrogen-bond acceptors (Lipinski definition) is 2. The molecule has 0 saturated heterocycles. The highest BCUT2D eigenvalue weighted by molar-refractivity contribution is 5.86. The number of ether oxygens (including phenoxy) is 1. The zero-order valence-corrected chi connectivity index (χ0v) is 12.4. The van der Waals surface area contributed by atoms with Gasteiger partial charge in [0.05, 0.1) is 5.52 Å². The molecule has 2 aromatic carbocycles. The molecule has 0 spiro atoms. The largest absolute Gasteiger partial charge is 0.491 e. The molecule has 23 heavy (non-hydrogen) atoms. The molecule has 4 aromatic rings. The first-order chi connectivity index (χ1) is 11.3. The molecule has 0 atom stereocenters. The molecular formula is C19H15FN2O. The molecule has 0 radical (unpaired) electrons. The third-order valence-electron chi connectivity index (χ3n) is 3.87. The lowest BCUT2D eigenvalue weighted by Crippen LogP contribution is -1.99. The van der Waals surface area contributed by atoms with Crippen LogP contribution in [0, 0.1) is 0 Å². The molecule has 4 rings (SSSR count). The maximum atomic E-state index is 12.2. The van der Waals surface area contributed by atoms with E-state index in [2.05, 4.69) is 27.8 Å². The zero-order chi connectivity index (χ0) is 15.6. The smallest absolute Gasteiger partial charge is 0.137 e. The number of alkyl halides is 1. The molecule has 0 amide bonds. The summed E-state index contributed by atoms with van der Waals surface area (Å²) in [5.41, 5.74) is 1.13. The molecule has 114 valence electrons. The van der Waals surface area contributed by atoms with Crippen LogP contribution in [-0.4, -0.2) is 22.8 Å². The van der Waals surface area contributed by atoms with Crippen LogP contribution in [0.1, 0.15) is 0 Å². The van der Waals surface area contributed by atoms with Crippen molar-refractivity contribution >= 4 is 21.7 Å². The number of halogens is 1. The van der Waals surface area contributed by atoms with Crippen LogP contribution in [-0.2, 0) is 0 Å². The Kier molecular flexibility index (Phi) is 3.42. The van der Waals surface area contributed by atoms with Crippen molar-refractivity contribution in [2.24, 2.45) is 0 Å². The van der Waals surface area contributed by atoms with E-state index in [1.54, 1.807) is 0 Å². The number of benzene rings is 2. The Hall–Kier alpha value is -2.88. The summed E-state index contributed by atoms with van der Waals surface area (Å²) in [7, 11) is 0. The van der Waals surface area contributed by atoms with E-state index in [4.69, 9.17) is 4.74 Å². The first-order valence-electron chi connectivity index (χ1n) is 7.50. The second-order valence-corrected chi connectivity index (χ2v) is 5.33. The summed E-state index contributed by atoms with van der Waals surface area (Å²) in [4.78, 5) is 4.55. The molecule has 0 bridgehead atoms. The molecule has 0 aliphatic carbocycles. The quantitative estimate of drug-likeness (QED) is 0.554. The maximum absolute atomic E-state index is 12.2. The van der Waals surface area contributed by atoms with Crippen LogP contribution in [0.15, 0.2) is 67.0 Å². The van der Waals surface area contributed by atoms with Gasteiger partial charge in [-0.3, -0.25) is 0 Å². The van der Waals surface area contributed by atoms with Gasteiger partial charge in [-0.2, -0.15) is 0 Å². The van der Waals surface area contributed by atoms with E-state index in [-0.39, 0.29) is 6.61 Å². The molecule has 0 saturated carbocycles. The topological polar surface area (TPSA) is 27.1 Å². The average molecular weight is 306 g/mol. The van der Waals surface area contributed by atoms with Gasteiger partial charge < -0.3 is 9.30 Å². The van der Waals surface area contributed by atoms with Gasteiger partial charge in [0.1, 0.15) is 24.8 Å². The number of fused-ring (bicyclic) bond motifs is 2. The van der Waals surface area contributed by atoms with Crippen molar-refractivity contribution in [2.45, 2.75) is 0 Å². The number of rotatable bonds is 4. The molecule has 2 aromatic heterocycles. The van der Waals surface area contributed by atoms with Crippen molar-refractivity contribution < 1.29 is 9.13 Å². The summed E-state index contributed by atoms with van der Waals surface area (Å²) in [5, 5.41) is 3.23. The Bertz CT molecular complexity index is 977. The molecule has 0 fully saturated rings. The van der Waals surface area contributed by atoms with E-state index in [1.807, 2.05) is 48.8 Å². The highest BCUT2D eigenvalue weighted by Crippen LogP contribution is 2.24. The van der Waals surface area contributed by atoms with Gasteiger partial charge >= 0.3 is 0 Å². The molecular weight excluding hydrogens is 291 g/mol. The summed E-state index contributed by atoms with van der Waals surface area (Å²) < 4.78 is 19.6. The van der Waals surface area contributed by atoms with E-state index < -0.39 is 6.67 Å². The van der Waals surface area contributed by atoms with Gasteiger partial charge in [-0.15, -0.1) is 0 Å². The van der Waals surface area contributed by atoms with Gasteiger partial charge in [0.15, 0.2) is 0 Å². The lowest BCUT2D eigenvalue weighted by Gasteiger charge is -2.08. The van der Waals surface area contributed by atoms with Crippen LogP contribution in [0.5, 0.6) is 5.75 Å². The van der Waals surface area contributed by atoms with E-state index in [1.165, 1.54) is 5.39 Å². The van der Waals surface area contributed by atoms with Crippen LogP contribution < -0.4 is 4.74 Å². The van der Waals surface area contributed by atoms with Gasteiger partial charge in [0.25, 0.3) is 0 Å². The molecule has 4 heteroatoms. The van der Waals surface area contributed by atoms with Crippen LogP contribution >= 0.6 is 0 Å². The fraction of sp³-hybridized carbons (Fsp3) is 0.105. The molecule has 0 unspecified atom stereocenters. The normalized spacial score (nSPS) is 11.2. The summed E-state index contributed by atoms with van der Waals surface area (Å²) in [6, 6.07) is 18.0. The molecule has 0 aliphatic rings. The van der Waals surface area contributed by atoms with Crippen LogP contribution in [0.3, 0.4) is 0 Å². The van der Waals surface area contributed by atoms with Crippen molar-refractivity contribution in [2.75, 3.05) is 13.3 Å². The second kappa shape index (κ2) is 5.72. The Morgan fingerprint density at radius 2 is 1.87 bits per heavy atom. The Balaban J connectivity index is 1.77. The van der Waals surface area contributed by atoms with Crippen LogP contribution in [0.25, 0.3) is 27.5 Å². The van der Waals surface area contributed by atoms with Crippen molar-refractivity contribution in [3.05, 3.63) is 67.0 Å². The summed E-state index contributed by atoms with van der Waals surface area (Å²) >= 11 is 0. The fourth-order valence-corrected chi connectivity index (χ4v) is 2.77. The average Bonchev–Trinajstić information content (AvgIpc) is 3.03. The predicted molar refractivity (Wildman–Crippen MR) is 90.0 cm³/mol. The van der Waals surface area contributed by atoms with E-state index in [9.17, 15) is 4.39 Å². The third kappa shape index (κ3) is 2.52. The van der Waals surface area contributed by atoms with Gasteiger partial charge in [-0.1, -0.05) is 24.3 Å². The Morgan fingerprint density at radius 3 is 2.78 bits per heavy atom. The molecule has 0 aliphatic heterocycles. The first kappa shape index (κ1) is 13.8. The van der Waals surface area contributed by atoms with Crippen LogP contribution in [0.2, 0.25) is 0 Å². The number of aromatic nitrogens is 2. The van der Waals surface area contributed by atoms with Crippen molar-refractivity contribution in [3.8, 4) is 11.6 Å². The van der Waals surface area contributed by atoms with E-state index in [0.29, 0.717) is 5.75 Å². The SMILES string of the molecule is FCCOc1ccc2cc(-n3ccc4ccccc43)ncc2c1. The summed E-state index contributed by atoms with van der Waals surface area (Å²) in [5.74, 6) is 1.53. The number of nitrogens with zero attached hydrogens (tertiary/aromatic N) is 2. The lowest BCUT2D eigenvalue weighted by atomic mass is 10.1. The third-order valence-corrected chi connectivity index (χ3v) is 3.87. The van der Waals surface area contributed by atoms with E-state index in [0.717, 1.165) is 22.1 Å². The monoisotopic (exact) mass is 306 g/mol. The number of hydrogen-bond donors (Lipinski definition) is 0. The maximum Gasteiger partial charge on any atom is 0.137 e. The van der Waals surface area contributed by atoms with Crippen LogP contribution in [0.4, 0.5) is 4.39 Å². The van der Waals surface area contributed by atoms with Gasteiger partial charge in [-0.25, -0.2) is 9.37 Å². The molecule has 0 N–H and O–H groups in total. The standard InChI is InChI=1S/C19H15FN2O/c20-8-10-23-17-6-5-15-12-19(21-13-16(15)11-17)22-9-7-14-3-1-2-4-18(14)22/h1-7,9,11-13H,8,10H2. The first-order valence-corrected chi connectivity index (χ1v) is 7.50. The minimum Gasteiger partial charge on any atom is -0.491 e. The van der Waals surface area contributed by atoms with Crippen molar-refractivity contribution in [3.63, 3.8) is 0 Å². The highest BCUT2D eigenvalue weighted by atomic mass is 19.1. The highest BCUT2D eigenvalue weighted by Gasteiger charge is 2.05. The van der Waals surface area contributed by atoms with Gasteiger partial charge in [0, 0.05) is 17.8 Å². The number of para-hydroxylation sites is 1. The Labute approximate surface area is 132 Å². The van der Waals surface area contributed by atoms with Gasteiger partial charge in [-0.05, 0) is 41.1 Å². The second-order valence-electron chi connectivity index (χ2n) is 5.33. The molecule has 3 nitrogen and oxygen atoms in total. The van der Waals surface area contributed by atoms with Gasteiger partial charge in [0.2, 0.25) is 0 Å². The van der Waals surface area contributed by atoms with Crippen molar-refractivity contribution in [1.29, 1.82) is 0 Å².